The highest BCUT2D eigenvalue weighted by atomic mass is 16.4. The molecule has 4 nitrogen and oxygen atoms in total. The van der Waals surface area contributed by atoms with Gasteiger partial charge >= 0.3 is 0 Å². The molecule has 0 saturated carbocycles. The Hall–Kier alpha value is -1.55. The van der Waals surface area contributed by atoms with Crippen molar-refractivity contribution in [1.29, 1.82) is 0 Å². The Bertz CT molecular complexity index is 432. The van der Waals surface area contributed by atoms with Crippen LogP contribution in [0.2, 0.25) is 0 Å². The third-order valence-electron chi connectivity index (χ3n) is 3.49. The second-order valence-electron chi connectivity index (χ2n) is 6.16. The summed E-state index contributed by atoms with van der Waals surface area (Å²) >= 11 is 0. The van der Waals surface area contributed by atoms with Crippen molar-refractivity contribution in [3.05, 3.63) is 35.4 Å². The minimum atomic E-state index is 0.189. The van der Waals surface area contributed by atoms with Gasteiger partial charge in [0.15, 0.2) is 0 Å². The highest BCUT2D eigenvalue weighted by Gasteiger charge is 2.13. The van der Waals surface area contributed by atoms with Crippen molar-refractivity contribution >= 4 is 5.84 Å². The molecule has 0 aliphatic rings. The van der Waals surface area contributed by atoms with E-state index in [9.17, 15) is 0 Å². The SMILES string of the molecule is CCN(CCC(N)=NO)Cc1ccc(C(C)(C)C)cc1. The molecule has 0 unspecified atom stereocenters. The molecule has 20 heavy (non-hydrogen) atoms. The van der Waals surface area contributed by atoms with E-state index in [2.05, 4.69) is 62.0 Å². The zero-order valence-corrected chi connectivity index (χ0v) is 13.1. The Morgan fingerprint density at radius 1 is 1.25 bits per heavy atom. The molecule has 0 fully saturated rings. The van der Waals surface area contributed by atoms with Crippen molar-refractivity contribution in [2.75, 3.05) is 13.1 Å². The predicted octanol–water partition coefficient (Wildman–Crippen LogP) is 2.94. The molecule has 0 saturated heterocycles. The largest absolute Gasteiger partial charge is 0.409 e. The minimum Gasteiger partial charge on any atom is -0.409 e. The Kier molecular flexibility index (Phi) is 6.02. The maximum absolute atomic E-state index is 8.56. The highest BCUT2D eigenvalue weighted by Crippen LogP contribution is 2.22. The van der Waals surface area contributed by atoms with Crippen molar-refractivity contribution in [2.45, 2.75) is 46.1 Å². The molecule has 0 heterocycles. The maximum atomic E-state index is 8.56. The lowest BCUT2D eigenvalue weighted by molar-refractivity contribution is 0.283. The lowest BCUT2D eigenvalue weighted by atomic mass is 9.87. The van der Waals surface area contributed by atoms with Crippen LogP contribution in [-0.4, -0.2) is 29.0 Å². The van der Waals surface area contributed by atoms with Crippen LogP contribution in [-0.2, 0) is 12.0 Å². The van der Waals surface area contributed by atoms with Crippen LogP contribution in [0.25, 0.3) is 0 Å². The van der Waals surface area contributed by atoms with Gasteiger partial charge in [-0.3, -0.25) is 4.90 Å². The fraction of sp³-hybridized carbons (Fsp3) is 0.562. The first-order valence-electron chi connectivity index (χ1n) is 7.15. The van der Waals surface area contributed by atoms with E-state index in [0.29, 0.717) is 6.42 Å². The average molecular weight is 277 g/mol. The molecule has 1 rings (SSSR count). The molecule has 1 aromatic carbocycles. The summed E-state index contributed by atoms with van der Waals surface area (Å²) in [7, 11) is 0. The van der Waals surface area contributed by atoms with Gasteiger partial charge in [-0.2, -0.15) is 0 Å². The first-order valence-corrected chi connectivity index (χ1v) is 7.15. The van der Waals surface area contributed by atoms with Gasteiger partial charge in [-0.05, 0) is 23.1 Å². The molecule has 0 spiro atoms. The normalized spacial score (nSPS) is 12.9. The van der Waals surface area contributed by atoms with E-state index in [1.807, 2.05) is 0 Å². The number of nitrogens with two attached hydrogens (primary N) is 1. The molecule has 3 N–H and O–H groups in total. The van der Waals surface area contributed by atoms with Crippen LogP contribution in [0.5, 0.6) is 0 Å². The molecule has 112 valence electrons. The molecule has 0 aliphatic heterocycles. The van der Waals surface area contributed by atoms with Gasteiger partial charge in [-0.1, -0.05) is 57.1 Å². The number of oxime groups is 1. The van der Waals surface area contributed by atoms with Crippen LogP contribution < -0.4 is 5.73 Å². The van der Waals surface area contributed by atoms with Crippen LogP contribution in [0.3, 0.4) is 0 Å². The van der Waals surface area contributed by atoms with Gasteiger partial charge in [-0.25, -0.2) is 0 Å². The van der Waals surface area contributed by atoms with Crippen molar-refractivity contribution in [1.82, 2.24) is 4.90 Å². The average Bonchev–Trinajstić information content (AvgIpc) is 2.42. The van der Waals surface area contributed by atoms with Crippen LogP contribution in [0, 0.1) is 0 Å². The Morgan fingerprint density at radius 2 is 1.85 bits per heavy atom. The number of nitrogens with zero attached hydrogens (tertiary/aromatic N) is 2. The number of benzene rings is 1. The van der Waals surface area contributed by atoms with E-state index < -0.39 is 0 Å². The van der Waals surface area contributed by atoms with Crippen LogP contribution >= 0.6 is 0 Å². The van der Waals surface area contributed by atoms with Gasteiger partial charge < -0.3 is 10.9 Å². The predicted molar refractivity (Wildman–Crippen MR) is 84.1 cm³/mol. The zero-order valence-electron chi connectivity index (χ0n) is 13.1. The first kappa shape index (κ1) is 16.5. The lowest BCUT2D eigenvalue weighted by Crippen LogP contribution is -2.27. The summed E-state index contributed by atoms with van der Waals surface area (Å²) in [5, 5.41) is 11.6. The Balaban J connectivity index is 2.62. The molecular weight excluding hydrogens is 250 g/mol. The first-order chi connectivity index (χ1) is 9.36. The van der Waals surface area contributed by atoms with Crippen LogP contribution in [0.15, 0.2) is 29.4 Å². The summed E-state index contributed by atoms with van der Waals surface area (Å²) in [4.78, 5) is 2.28. The number of hydrogen-bond acceptors (Lipinski definition) is 3. The molecule has 0 aliphatic carbocycles. The Morgan fingerprint density at radius 3 is 2.30 bits per heavy atom. The van der Waals surface area contributed by atoms with E-state index in [1.54, 1.807) is 0 Å². The fourth-order valence-electron chi connectivity index (χ4n) is 2.04. The molecule has 4 heteroatoms. The fourth-order valence-corrected chi connectivity index (χ4v) is 2.04. The smallest absolute Gasteiger partial charge is 0.140 e. The van der Waals surface area contributed by atoms with E-state index in [0.717, 1.165) is 19.6 Å². The van der Waals surface area contributed by atoms with Gasteiger partial charge in [0.05, 0.1) is 0 Å². The standard InChI is InChI=1S/C16H27N3O/c1-5-19(11-10-15(17)18-20)12-13-6-8-14(9-7-13)16(2,3)4/h6-9,20H,5,10-12H2,1-4H3,(H2,17,18). The summed E-state index contributed by atoms with van der Waals surface area (Å²) in [6.45, 7) is 11.4. The second-order valence-corrected chi connectivity index (χ2v) is 6.16. The van der Waals surface area contributed by atoms with Crippen LogP contribution in [0.4, 0.5) is 0 Å². The van der Waals surface area contributed by atoms with Crippen molar-refractivity contribution in [3.63, 3.8) is 0 Å². The van der Waals surface area contributed by atoms with Crippen molar-refractivity contribution < 1.29 is 5.21 Å². The Labute approximate surface area is 122 Å². The summed E-state index contributed by atoms with van der Waals surface area (Å²) in [5.74, 6) is 0.284. The third-order valence-corrected chi connectivity index (χ3v) is 3.49. The van der Waals surface area contributed by atoms with Crippen molar-refractivity contribution in [2.24, 2.45) is 10.9 Å². The van der Waals surface area contributed by atoms with Gasteiger partial charge in [-0.15, -0.1) is 0 Å². The van der Waals surface area contributed by atoms with Crippen LogP contribution in [0.1, 0.15) is 45.2 Å². The topological polar surface area (TPSA) is 61.8 Å². The van der Waals surface area contributed by atoms with Gasteiger partial charge in [0.2, 0.25) is 0 Å². The van der Waals surface area contributed by atoms with E-state index in [1.165, 1.54) is 11.1 Å². The van der Waals surface area contributed by atoms with E-state index in [4.69, 9.17) is 10.9 Å². The lowest BCUT2D eigenvalue weighted by Gasteiger charge is -2.22. The second kappa shape index (κ2) is 7.29. The van der Waals surface area contributed by atoms with E-state index in [-0.39, 0.29) is 11.3 Å². The van der Waals surface area contributed by atoms with Gasteiger partial charge in [0.25, 0.3) is 0 Å². The van der Waals surface area contributed by atoms with Crippen molar-refractivity contribution in [3.8, 4) is 0 Å². The summed E-state index contributed by atoms with van der Waals surface area (Å²) in [6, 6.07) is 8.78. The van der Waals surface area contributed by atoms with Gasteiger partial charge in [0, 0.05) is 19.5 Å². The molecule has 1 aromatic rings. The molecule has 0 aromatic heterocycles. The molecule has 0 radical (unpaired) electrons. The summed E-state index contributed by atoms with van der Waals surface area (Å²) in [6.07, 6.45) is 0.588. The van der Waals surface area contributed by atoms with Gasteiger partial charge in [0.1, 0.15) is 5.84 Å². The van der Waals surface area contributed by atoms with E-state index >= 15 is 0 Å². The number of amidine groups is 1. The maximum Gasteiger partial charge on any atom is 0.140 e. The molecule has 0 atom stereocenters. The monoisotopic (exact) mass is 277 g/mol. The molecule has 0 bridgehead atoms. The highest BCUT2D eigenvalue weighted by molar-refractivity contribution is 5.79. The third kappa shape index (κ3) is 5.21. The summed E-state index contributed by atoms with van der Waals surface area (Å²) in [5.41, 5.74) is 8.34. The zero-order chi connectivity index (χ0) is 15.2. The number of rotatable bonds is 6. The quantitative estimate of drug-likeness (QED) is 0.364. The number of hydrogen-bond donors (Lipinski definition) is 2. The minimum absolute atomic E-state index is 0.189. The summed E-state index contributed by atoms with van der Waals surface area (Å²) < 4.78 is 0. The molecule has 0 amide bonds. The molecular formula is C16H27N3O.